The Morgan fingerprint density at radius 1 is 1.40 bits per heavy atom. The third kappa shape index (κ3) is 3.51. The number of rotatable bonds is 5. The van der Waals surface area contributed by atoms with E-state index in [2.05, 4.69) is 15.7 Å². The lowest BCUT2D eigenvalue weighted by Gasteiger charge is -2.11. The maximum absolute atomic E-state index is 11.4. The number of halogens is 1. The zero-order valence-corrected chi connectivity index (χ0v) is 12.2. The molecule has 0 saturated carbocycles. The van der Waals surface area contributed by atoms with Crippen LogP contribution in [0.2, 0.25) is 5.02 Å². The van der Waals surface area contributed by atoms with E-state index in [1.807, 2.05) is 26.1 Å². The van der Waals surface area contributed by atoms with Crippen molar-refractivity contribution in [2.24, 2.45) is 7.05 Å². The first kappa shape index (κ1) is 14.4. The van der Waals surface area contributed by atoms with Gasteiger partial charge in [0.2, 0.25) is 5.91 Å². The van der Waals surface area contributed by atoms with Crippen molar-refractivity contribution in [3.05, 3.63) is 41.2 Å². The average molecular weight is 293 g/mol. The molecular formula is C14H17ClN4O. The molecule has 6 heteroatoms. The second kappa shape index (κ2) is 6.43. The molecule has 0 atom stereocenters. The van der Waals surface area contributed by atoms with Gasteiger partial charge in [0, 0.05) is 25.4 Å². The van der Waals surface area contributed by atoms with Crippen LogP contribution in [0.5, 0.6) is 0 Å². The number of hydrogen-bond acceptors (Lipinski definition) is 3. The van der Waals surface area contributed by atoms with E-state index in [4.69, 9.17) is 11.6 Å². The van der Waals surface area contributed by atoms with Gasteiger partial charge >= 0.3 is 0 Å². The molecule has 1 aromatic heterocycles. The molecule has 0 spiro atoms. The van der Waals surface area contributed by atoms with Gasteiger partial charge in [-0.05, 0) is 24.3 Å². The van der Waals surface area contributed by atoms with E-state index < -0.39 is 0 Å². The first-order valence-corrected chi connectivity index (χ1v) is 6.78. The SMILES string of the molecule is CCC(=O)Nc1ccc(Cl)c(NCc2ccnn2C)c1. The summed E-state index contributed by atoms with van der Waals surface area (Å²) in [7, 11) is 1.89. The van der Waals surface area contributed by atoms with Gasteiger partial charge < -0.3 is 10.6 Å². The molecule has 2 aromatic rings. The van der Waals surface area contributed by atoms with Crippen molar-refractivity contribution >= 4 is 28.9 Å². The average Bonchev–Trinajstić information content (AvgIpc) is 2.84. The third-order valence-electron chi connectivity index (χ3n) is 2.95. The predicted octanol–water partition coefficient (Wildman–Crippen LogP) is 3.03. The normalized spacial score (nSPS) is 10.3. The summed E-state index contributed by atoms with van der Waals surface area (Å²) >= 11 is 6.15. The summed E-state index contributed by atoms with van der Waals surface area (Å²) in [4.78, 5) is 11.4. The fourth-order valence-electron chi connectivity index (χ4n) is 1.75. The fourth-order valence-corrected chi connectivity index (χ4v) is 1.93. The van der Waals surface area contributed by atoms with Crippen molar-refractivity contribution in [3.8, 4) is 0 Å². The number of nitrogens with one attached hydrogen (secondary N) is 2. The molecule has 5 nitrogen and oxygen atoms in total. The Morgan fingerprint density at radius 2 is 2.20 bits per heavy atom. The quantitative estimate of drug-likeness (QED) is 0.890. The highest BCUT2D eigenvalue weighted by molar-refractivity contribution is 6.33. The van der Waals surface area contributed by atoms with Gasteiger partial charge in [0.1, 0.15) is 0 Å². The molecule has 0 fully saturated rings. The smallest absolute Gasteiger partial charge is 0.224 e. The third-order valence-corrected chi connectivity index (χ3v) is 3.28. The molecule has 106 valence electrons. The first-order valence-electron chi connectivity index (χ1n) is 6.40. The second-order valence-electron chi connectivity index (χ2n) is 4.40. The molecule has 2 N–H and O–H groups in total. The van der Waals surface area contributed by atoms with Crippen LogP contribution in [0, 0.1) is 0 Å². The Hall–Kier alpha value is -2.01. The summed E-state index contributed by atoms with van der Waals surface area (Å²) in [6, 6.07) is 7.30. The number of benzene rings is 1. The van der Waals surface area contributed by atoms with Gasteiger partial charge in [-0.2, -0.15) is 5.10 Å². The van der Waals surface area contributed by atoms with Crippen LogP contribution in [-0.4, -0.2) is 15.7 Å². The lowest BCUT2D eigenvalue weighted by molar-refractivity contribution is -0.115. The molecule has 0 saturated heterocycles. The van der Waals surface area contributed by atoms with E-state index in [0.29, 0.717) is 18.0 Å². The van der Waals surface area contributed by atoms with Crippen molar-refractivity contribution in [2.45, 2.75) is 19.9 Å². The molecule has 0 radical (unpaired) electrons. The van der Waals surface area contributed by atoms with Gasteiger partial charge in [0.15, 0.2) is 0 Å². The van der Waals surface area contributed by atoms with E-state index in [1.165, 1.54) is 0 Å². The zero-order valence-electron chi connectivity index (χ0n) is 11.5. The maximum Gasteiger partial charge on any atom is 0.224 e. The van der Waals surface area contributed by atoms with Gasteiger partial charge in [0.05, 0.1) is 22.9 Å². The second-order valence-corrected chi connectivity index (χ2v) is 4.80. The first-order chi connectivity index (χ1) is 9.60. The highest BCUT2D eigenvalue weighted by Gasteiger charge is 2.05. The number of amides is 1. The van der Waals surface area contributed by atoms with Gasteiger partial charge in [-0.25, -0.2) is 0 Å². The molecular weight excluding hydrogens is 276 g/mol. The number of hydrogen-bond donors (Lipinski definition) is 2. The Morgan fingerprint density at radius 3 is 2.85 bits per heavy atom. The van der Waals surface area contributed by atoms with E-state index in [1.54, 1.807) is 23.0 Å². The molecule has 0 aliphatic heterocycles. The van der Waals surface area contributed by atoms with Crippen LogP contribution < -0.4 is 10.6 Å². The minimum atomic E-state index is -0.0232. The van der Waals surface area contributed by atoms with Crippen molar-refractivity contribution in [2.75, 3.05) is 10.6 Å². The van der Waals surface area contributed by atoms with E-state index >= 15 is 0 Å². The van der Waals surface area contributed by atoms with Gasteiger partial charge in [-0.15, -0.1) is 0 Å². The Balaban J connectivity index is 2.08. The van der Waals surface area contributed by atoms with Crippen LogP contribution in [0.3, 0.4) is 0 Å². The molecule has 2 rings (SSSR count). The maximum atomic E-state index is 11.4. The molecule has 1 amide bonds. The topological polar surface area (TPSA) is 59.0 Å². The molecule has 0 bridgehead atoms. The number of nitrogens with zero attached hydrogens (tertiary/aromatic N) is 2. The lowest BCUT2D eigenvalue weighted by Crippen LogP contribution is -2.10. The van der Waals surface area contributed by atoms with Crippen LogP contribution in [0.4, 0.5) is 11.4 Å². The van der Waals surface area contributed by atoms with Gasteiger partial charge in [0.25, 0.3) is 0 Å². The largest absolute Gasteiger partial charge is 0.378 e. The van der Waals surface area contributed by atoms with Crippen LogP contribution in [0.25, 0.3) is 0 Å². The summed E-state index contributed by atoms with van der Waals surface area (Å²) in [5, 5.41) is 10.8. The summed E-state index contributed by atoms with van der Waals surface area (Å²) in [6.45, 7) is 2.42. The van der Waals surface area contributed by atoms with Crippen LogP contribution in [0.1, 0.15) is 19.0 Å². The number of carbonyl (C=O) groups excluding carboxylic acids is 1. The standard InChI is InChI=1S/C14H17ClN4O/c1-3-14(20)18-10-4-5-12(15)13(8-10)16-9-11-6-7-17-19(11)2/h4-8,16H,3,9H2,1-2H3,(H,18,20). The predicted molar refractivity (Wildman–Crippen MR) is 80.9 cm³/mol. The van der Waals surface area contributed by atoms with Gasteiger partial charge in [-0.3, -0.25) is 9.48 Å². The fraction of sp³-hybridized carbons (Fsp3) is 0.286. The molecule has 0 aliphatic carbocycles. The van der Waals surface area contributed by atoms with E-state index in [9.17, 15) is 4.79 Å². The Bertz CT molecular complexity index is 609. The van der Waals surface area contributed by atoms with Crippen molar-refractivity contribution in [1.82, 2.24) is 9.78 Å². The monoisotopic (exact) mass is 292 g/mol. The number of anilines is 2. The summed E-state index contributed by atoms with van der Waals surface area (Å²) < 4.78 is 1.80. The summed E-state index contributed by atoms with van der Waals surface area (Å²) in [5.41, 5.74) is 2.56. The summed E-state index contributed by atoms with van der Waals surface area (Å²) in [5.74, 6) is -0.0232. The molecule has 1 heterocycles. The minimum absolute atomic E-state index is 0.0232. The van der Waals surface area contributed by atoms with Gasteiger partial charge in [-0.1, -0.05) is 18.5 Å². The minimum Gasteiger partial charge on any atom is -0.378 e. The van der Waals surface area contributed by atoms with Crippen molar-refractivity contribution in [1.29, 1.82) is 0 Å². The number of aryl methyl sites for hydroxylation is 1. The van der Waals surface area contributed by atoms with Crippen LogP contribution in [-0.2, 0) is 18.4 Å². The lowest BCUT2D eigenvalue weighted by atomic mass is 10.2. The number of aromatic nitrogens is 2. The van der Waals surface area contributed by atoms with Crippen molar-refractivity contribution < 1.29 is 4.79 Å². The Kier molecular flexibility index (Phi) is 4.63. The highest BCUT2D eigenvalue weighted by atomic mass is 35.5. The summed E-state index contributed by atoms with van der Waals surface area (Å²) in [6.07, 6.45) is 2.19. The Labute approximate surface area is 122 Å². The number of carbonyl (C=O) groups is 1. The zero-order chi connectivity index (χ0) is 14.5. The van der Waals surface area contributed by atoms with Crippen molar-refractivity contribution in [3.63, 3.8) is 0 Å². The highest BCUT2D eigenvalue weighted by Crippen LogP contribution is 2.26. The molecule has 0 aliphatic rings. The molecule has 20 heavy (non-hydrogen) atoms. The van der Waals surface area contributed by atoms with E-state index in [-0.39, 0.29) is 5.91 Å². The molecule has 0 unspecified atom stereocenters. The van der Waals surface area contributed by atoms with E-state index in [0.717, 1.165) is 17.1 Å². The van der Waals surface area contributed by atoms with Crippen LogP contribution in [0.15, 0.2) is 30.5 Å². The molecule has 1 aromatic carbocycles. The van der Waals surface area contributed by atoms with Crippen LogP contribution >= 0.6 is 11.6 Å².